The lowest BCUT2D eigenvalue weighted by molar-refractivity contribution is -0.273. The molecule has 5 saturated carbocycles. The number of carbonyl (C=O) groups is 1. The number of hydrogen-bond acceptors (Lipinski definition) is 2. The summed E-state index contributed by atoms with van der Waals surface area (Å²) in [4.78, 5) is 12.7. The molecule has 0 amide bonds. The maximum atomic E-state index is 12.7. The van der Waals surface area contributed by atoms with E-state index in [1.54, 1.807) is 0 Å². The number of Topliss-reactive ketones (excluding diaryl/α,β-unsaturated/α-hetero) is 1. The Hall–Kier alpha value is -0.370. The Labute approximate surface area is 191 Å². The van der Waals surface area contributed by atoms with E-state index in [-0.39, 0.29) is 16.7 Å². The van der Waals surface area contributed by atoms with Gasteiger partial charge >= 0.3 is 0 Å². The third kappa shape index (κ3) is 2.69. The molecule has 9 atom stereocenters. The highest BCUT2D eigenvalue weighted by atomic mass is 16.3. The van der Waals surface area contributed by atoms with Gasteiger partial charge in [-0.2, -0.15) is 0 Å². The van der Waals surface area contributed by atoms with E-state index in [1.807, 2.05) is 0 Å². The van der Waals surface area contributed by atoms with E-state index in [2.05, 4.69) is 48.5 Å². The zero-order valence-electron chi connectivity index (χ0n) is 21.4. The normalized spacial score (nSPS) is 58.5. The number of hydrogen-bond donors (Lipinski definition) is 1. The number of aliphatic hydroxyl groups is 1. The molecule has 0 heterocycles. The predicted octanol–water partition coefficient (Wildman–Crippen LogP) is 7.18. The lowest BCUT2D eigenvalue weighted by Crippen LogP contribution is -2.69. The summed E-state index contributed by atoms with van der Waals surface area (Å²) in [6.45, 7) is 17.4. The van der Waals surface area contributed by atoms with Crippen molar-refractivity contribution in [3.8, 4) is 0 Å². The topological polar surface area (TPSA) is 37.3 Å². The Kier molecular flexibility index (Phi) is 4.63. The van der Waals surface area contributed by atoms with E-state index in [1.165, 1.54) is 44.9 Å². The van der Waals surface area contributed by atoms with Crippen LogP contribution < -0.4 is 0 Å². The van der Waals surface area contributed by atoms with Crippen LogP contribution in [0, 0.1) is 50.7 Å². The zero-order chi connectivity index (χ0) is 22.7. The third-order valence-electron chi connectivity index (χ3n) is 13.3. The fourth-order valence-corrected chi connectivity index (χ4v) is 10.8. The molecule has 0 saturated heterocycles. The summed E-state index contributed by atoms with van der Waals surface area (Å²) in [6, 6.07) is 0. The molecular weight excluding hydrogens is 380 g/mol. The Morgan fingerprint density at radius 1 is 0.710 bits per heavy atom. The van der Waals surface area contributed by atoms with Crippen LogP contribution in [0.15, 0.2) is 0 Å². The molecule has 2 nitrogen and oxygen atoms in total. The summed E-state index contributed by atoms with van der Waals surface area (Å²) in [5.74, 6) is 2.58. The Balaban J connectivity index is 1.55. The molecule has 0 bridgehead atoms. The highest BCUT2D eigenvalue weighted by molar-refractivity contribution is 5.82. The van der Waals surface area contributed by atoms with Crippen molar-refractivity contribution in [3.05, 3.63) is 0 Å². The van der Waals surface area contributed by atoms with Gasteiger partial charge in [-0.15, -0.1) is 0 Å². The number of ketones is 1. The molecule has 0 spiro atoms. The van der Waals surface area contributed by atoms with Crippen molar-refractivity contribution < 1.29 is 9.90 Å². The van der Waals surface area contributed by atoms with Crippen LogP contribution in [0.4, 0.5) is 0 Å². The van der Waals surface area contributed by atoms with Crippen LogP contribution in [0.2, 0.25) is 0 Å². The van der Waals surface area contributed by atoms with Crippen LogP contribution in [0.25, 0.3) is 0 Å². The monoisotopic (exact) mass is 428 g/mol. The van der Waals surface area contributed by atoms with Crippen LogP contribution in [0.5, 0.6) is 0 Å². The molecule has 0 unspecified atom stereocenters. The SMILES string of the molecule is C[C@H]1C(=O)CC[C@@H]2[C@]1(C)CC[C@H]1[C@@]2(C)CC[C@@]2(C)[C@@H]3CC(C)(C)CC[C@]3(O)CC[C@]12C. The minimum Gasteiger partial charge on any atom is -0.390 e. The summed E-state index contributed by atoms with van der Waals surface area (Å²) in [6.07, 6.45) is 12.5. The second-order valence-corrected chi connectivity index (χ2v) is 14.7. The molecule has 0 aliphatic heterocycles. The van der Waals surface area contributed by atoms with Crippen molar-refractivity contribution in [2.75, 3.05) is 0 Å². The molecule has 0 aromatic heterocycles. The van der Waals surface area contributed by atoms with Crippen LogP contribution in [0.3, 0.4) is 0 Å². The highest BCUT2D eigenvalue weighted by Gasteiger charge is 2.71. The summed E-state index contributed by atoms with van der Waals surface area (Å²) in [5.41, 5.74) is 0.973. The van der Waals surface area contributed by atoms with Crippen LogP contribution in [-0.2, 0) is 4.79 Å². The van der Waals surface area contributed by atoms with E-state index in [4.69, 9.17) is 0 Å². The Morgan fingerprint density at radius 2 is 1.32 bits per heavy atom. The highest BCUT2D eigenvalue weighted by Crippen LogP contribution is 2.77. The number of carbonyl (C=O) groups excluding carboxylic acids is 1. The Morgan fingerprint density at radius 3 is 2.03 bits per heavy atom. The molecule has 0 radical (unpaired) electrons. The van der Waals surface area contributed by atoms with Crippen LogP contribution in [-0.4, -0.2) is 16.5 Å². The summed E-state index contributed by atoms with van der Waals surface area (Å²) in [5, 5.41) is 11.9. The number of fused-ring (bicyclic) bond motifs is 7. The van der Waals surface area contributed by atoms with Crippen molar-refractivity contribution in [1.82, 2.24) is 0 Å². The van der Waals surface area contributed by atoms with Gasteiger partial charge in [0.2, 0.25) is 0 Å². The molecule has 31 heavy (non-hydrogen) atoms. The maximum Gasteiger partial charge on any atom is 0.136 e. The second kappa shape index (κ2) is 6.39. The van der Waals surface area contributed by atoms with Gasteiger partial charge in [-0.25, -0.2) is 0 Å². The van der Waals surface area contributed by atoms with Crippen LogP contribution >= 0.6 is 0 Å². The van der Waals surface area contributed by atoms with Crippen molar-refractivity contribution in [1.29, 1.82) is 0 Å². The van der Waals surface area contributed by atoms with E-state index in [0.717, 1.165) is 31.6 Å². The maximum absolute atomic E-state index is 12.7. The van der Waals surface area contributed by atoms with E-state index in [9.17, 15) is 9.90 Å². The fraction of sp³-hybridized carbons (Fsp3) is 0.966. The minimum atomic E-state index is -0.438. The number of rotatable bonds is 0. The van der Waals surface area contributed by atoms with Crippen molar-refractivity contribution in [2.45, 2.75) is 125 Å². The first-order valence-electron chi connectivity index (χ1n) is 13.5. The predicted molar refractivity (Wildman–Crippen MR) is 127 cm³/mol. The zero-order valence-corrected chi connectivity index (χ0v) is 21.4. The molecule has 0 aromatic carbocycles. The molecule has 5 aliphatic carbocycles. The van der Waals surface area contributed by atoms with Gasteiger partial charge in [0.1, 0.15) is 5.78 Å². The summed E-state index contributed by atoms with van der Waals surface area (Å²) in [7, 11) is 0. The van der Waals surface area contributed by atoms with Gasteiger partial charge < -0.3 is 5.11 Å². The quantitative estimate of drug-likeness (QED) is 0.443. The average molecular weight is 429 g/mol. The van der Waals surface area contributed by atoms with Crippen LogP contribution in [0.1, 0.15) is 119 Å². The van der Waals surface area contributed by atoms with Gasteiger partial charge in [-0.1, -0.05) is 48.5 Å². The fourth-order valence-electron chi connectivity index (χ4n) is 10.8. The van der Waals surface area contributed by atoms with Gasteiger partial charge in [0.05, 0.1) is 5.60 Å². The average Bonchev–Trinajstić information content (AvgIpc) is 2.69. The Bertz CT molecular complexity index is 786. The third-order valence-corrected chi connectivity index (χ3v) is 13.3. The van der Waals surface area contributed by atoms with Crippen molar-refractivity contribution >= 4 is 5.78 Å². The van der Waals surface area contributed by atoms with E-state index >= 15 is 0 Å². The summed E-state index contributed by atoms with van der Waals surface area (Å²) >= 11 is 0. The lowest BCUT2D eigenvalue weighted by Gasteiger charge is -2.74. The second-order valence-electron chi connectivity index (χ2n) is 14.7. The standard InChI is InChI=1S/C29H48O2/c1-19-20(30)8-9-21-25(19,4)11-10-22-26(21,5)13-14-28(7)23-18-24(2,3)12-16-29(23,31)17-15-27(22,28)6/h19,21-23,31H,8-18H2,1-7H3/t19-,21+,22-,23-,25+,26-,27+,28-,29-/m0/s1. The largest absolute Gasteiger partial charge is 0.390 e. The molecule has 5 aliphatic rings. The first-order chi connectivity index (χ1) is 14.2. The molecule has 1 N–H and O–H groups in total. The molecular formula is C29H48O2. The molecule has 176 valence electrons. The van der Waals surface area contributed by atoms with Gasteiger partial charge in [-0.05, 0) is 109 Å². The smallest absolute Gasteiger partial charge is 0.136 e. The van der Waals surface area contributed by atoms with Gasteiger partial charge in [-0.3, -0.25) is 4.79 Å². The van der Waals surface area contributed by atoms with Crippen molar-refractivity contribution in [3.63, 3.8) is 0 Å². The van der Waals surface area contributed by atoms with Gasteiger partial charge in [0.25, 0.3) is 0 Å². The van der Waals surface area contributed by atoms with Crippen molar-refractivity contribution in [2.24, 2.45) is 50.7 Å². The lowest BCUT2D eigenvalue weighted by atomic mass is 9.31. The minimum absolute atomic E-state index is 0.187. The van der Waals surface area contributed by atoms with E-state index in [0.29, 0.717) is 33.9 Å². The van der Waals surface area contributed by atoms with E-state index < -0.39 is 5.60 Å². The summed E-state index contributed by atoms with van der Waals surface area (Å²) < 4.78 is 0. The molecule has 2 heteroatoms. The molecule has 5 rings (SSSR count). The first-order valence-corrected chi connectivity index (χ1v) is 13.5. The van der Waals surface area contributed by atoms with Gasteiger partial charge in [0, 0.05) is 12.3 Å². The molecule has 5 fully saturated rings. The molecule has 0 aromatic rings. The first kappa shape index (κ1) is 22.4. The van der Waals surface area contributed by atoms with Gasteiger partial charge in [0.15, 0.2) is 0 Å².